The molecule has 0 bridgehead atoms. The predicted molar refractivity (Wildman–Crippen MR) is 86.2 cm³/mol. The maximum Gasteiger partial charge on any atom is 0.181 e. The molecule has 1 saturated heterocycles. The van der Waals surface area contributed by atoms with Crippen molar-refractivity contribution in [3.05, 3.63) is 60.4 Å². The Morgan fingerprint density at radius 2 is 2.04 bits per heavy atom. The third kappa shape index (κ3) is 2.98. The molecule has 1 aliphatic rings. The third-order valence-corrected chi connectivity index (χ3v) is 4.23. The van der Waals surface area contributed by atoms with E-state index < -0.39 is 0 Å². The van der Waals surface area contributed by atoms with Gasteiger partial charge in [-0.05, 0) is 43.1 Å². The van der Waals surface area contributed by atoms with Crippen molar-refractivity contribution in [2.75, 3.05) is 6.54 Å². The first-order valence-electron chi connectivity index (χ1n) is 7.86. The van der Waals surface area contributed by atoms with Crippen LogP contribution in [0.3, 0.4) is 0 Å². The number of rotatable bonds is 4. The van der Waals surface area contributed by atoms with E-state index in [1.54, 1.807) is 12.4 Å². The summed E-state index contributed by atoms with van der Waals surface area (Å²) < 4.78 is 0. The van der Waals surface area contributed by atoms with E-state index in [1.807, 2.05) is 30.6 Å². The lowest BCUT2D eigenvalue weighted by Gasteiger charge is -2.22. The van der Waals surface area contributed by atoms with E-state index in [9.17, 15) is 0 Å². The minimum absolute atomic E-state index is 0.290. The number of hydrogen-bond acceptors (Lipinski definition) is 5. The Morgan fingerprint density at radius 3 is 2.87 bits per heavy atom. The molecule has 4 rings (SSSR count). The van der Waals surface area contributed by atoms with Gasteiger partial charge in [-0.2, -0.15) is 5.10 Å². The molecule has 1 unspecified atom stereocenters. The minimum atomic E-state index is 0.290. The second kappa shape index (κ2) is 6.26. The molecule has 3 aromatic rings. The fraction of sp³-hybridized carbons (Fsp3) is 0.294. The Labute approximate surface area is 134 Å². The van der Waals surface area contributed by atoms with Crippen LogP contribution in [0, 0.1) is 0 Å². The molecular formula is C17H18N6. The van der Waals surface area contributed by atoms with Crippen LogP contribution in [0.25, 0.3) is 11.4 Å². The molecule has 116 valence electrons. The maximum atomic E-state index is 4.70. The second-order valence-corrected chi connectivity index (χ2v) is 5.77. The van der Waals surface area contributed by atoms with Gasteiger partial charge in [-0.3, -0.25) is 20.0 Å². The van der Waals surface area contributed by atoms with E-state index >= 15 is 0 Å². The van der Waals surface area contributed by atoms with Crippen LogP contribution in [0.1, 0.15) is 30.3 Å². The summed E-state index contributed by atoms with van der Waals surface area (Å²) in [4.78, 5) is 15.4. The van der Waals surface area contributed by atoms with Crippen molar-refractivity contribution in [2.45, 2.75) is 25.4 Å². The highest BCUT2D eigenvalue weighted by atomic mass is 15.3. The van der Waals surface area contributed by atoms with Crippen LogP contribution in [-0.2, 0) is 6.54 Å². The molecule has 1 atom stereocenters. The number of aromatic nitrogens is 5. The van der Waals surface area contributed by atoms with Crippen LogP contribution in [0.2, 0.25) is 0 Å². The number of nitrogens with zero attached hydrogens (tertiary/aromatic N) is 5. The summed E-state index contributed by atoms with van der Waals surface area (Å²) in [6, 6.07) is 8.24. The molecule has 0 radical (unpaired) electrons. The van der Waals surface area contributed by atoms with Gasteiger partial charge >= 0.3 is 0 Å². The van der Waals surface area contributed by atoms with Gasteiger partial charge in [0.15, 0.2) is 5.82 Å². The summed E-state index contributed by atoms with van der Waals surface area (Å²) in [5, 5.41) is 7.49. The average Bonchev–Trinajstić information content (AvgIpc) is 3.25. The predicted octanol–water partition coefficient (Wildman–Crippen LogP) is 2.60. The van der Waals surface area contributed by atoms with Crippen LogP contribution in [0.4, 0.5) is 0 Å². The lowest BCUT2D eigenvalue weighted by atomic mass is 10.2. The molecule has 0 saturated carbocycles. The standard InChI is InChI=1S/C17H18N6/c1-3-13(11-19-7-1)12-23-10-2-4-15(23)17-20-16(21-22-17)14-5-8-18-9-6-14/h1,3,5-9,11,15H,2,4,10,12H2,(H,20,21,22). The molecule has 3 aromatic heterocycles. The lowest BCUT2D eigenvalue weighted by Crippen LogP contribution is -2.23. The monoisotopic (exact) mass is 306 g/mol. The van der Waals surface area contributed by atoms with Gasteiger partial charge in [0, 0.05) is 36.9 Å². The Bertz CT molecular complexity index is 755. The van der Waals surface area contributed by atoms with E-state index in [4.69, 9.17) is 4.98 Å². The van der Waals surface area contributed by atoms with Crippen LogP contribution in [-0.4, -0.2) is 36.6 Å². The zero-order valence-corrected chi connectivity index (χ0v) is 12.8. The summed E-state index contributed by atoms with van der Waals surface area (Å²) >= 11 is 0. The average molecular weight is 306 g/mol. The highest BCUT2D eigenvalue weighted by molar-refractivity contribution is 5.53. The molecule has 0 amide bonds. The summed E-state index contributed by atoms with van der Waals surface area (Å²) in [7, 11) is 0. The molecule has 1 aliphatic heterocycles. The van der Waals surface area contributed by atoms with Gasteiger partial charge in [-0.15, -0.1) is 0 Å². The van der Waals surface area contributed by atoms with Crippen molar-refractivity contribution in [3.63, 3.8) is 0 Å². The van der Waals surface area contributed by atoms with Gasteiger partial charge in [0.1, 0.15) is 5.82 Å². The smallest absolute Gasteiger partial charge is 0.181 e. The highest BCUT2D eigenvalue weighted by Gasteiger charge is 2.28. The fourth-order valence-corrected chi connectivity index (χ4v) is 3.10. The number of H-pyrrole nitrogens is 1. The molecule has 4 heterocycles. The molecule has 1 fully saturated rings. The van der Waals surface area contributed by atoms with E-state index in [0.29, 0.717) is 6.04 Å². The zero-order valence-electron chi connectivity index (χ0n) is 12.8. The number of likely N-dealkylation sites (tertiary alicyclic amines) is 1. The number of aromatic amines is 1. The number of hydrogen-bond donors (Lipinski definition) is 1. The fourth-order valence-electron chi connectivity index (χ4n) is 3.10. The largest absolute Gasteiger partial charge is 0.289 e. The summed E-state index contributed by atoms with van der Waals surface area (Å²) in [5.41, 5.74) is 2.22. The topological polar surface area (TPSA) is 70.6 Å². The highest BCUT2D eigenvalue weighted by Crippen LogP contribution is 2.31. The minimum Gasteiger partial charge on any atom is -0.289 e. The number of pyridine rings is 2. The normalized spacial score (nSPS) is 18.3. The quantitative estimate of drug-likeness (QED) is 0.802. The summed E-state index contributed by atoms with van der Waals surface area (Å²) in [6.45, 7) is 1.97. The van der Waals surface area contributed by atoms with Gasteiger partial charge in [0.2, 0.25) is 0 Å². The molecule has 0 spiro atoms. The van der Waals surface area contributed by atoms with Crippen molar-refractivity contribution >= 4 is 0 Å². The SMILES string of the molecule is c1cncc(CN2CCCC2c2nc(-c3ccncc3)n[nH]2)c1. The first-order valence-corrected chi connectivity index (χ1v) is 7.86. The van der Waals surface area contributed by atoms with Gasteiger partial charge in [0.25, 0.3) is 0 Å². The zero-order chi connectivity index (χ0) is 15.5. The van der Waals surface area contributed by atoms with Crippen molar-refractivity contribution in [2.24, 2.45) is 0 Å². The molecule has 0 aromatic carbocycles. The van der Waals surface area contributed by atoms with E-state index in [1.165, 1.54) is 12.0 Å². The van der Waals surface area contributed by atoms with Crippen molar-refractivity contribution in [1.82, 2.24) is 30.0 Å². The van der Waals surface area contributed by atoms with Crippen LogP contribution in [0.15, 0.2) is 49.1 Å². The summed E-state index contributed by atoms with van der Waals surface area (Å²) in [6.07, 6.45) is 9.54. The molecule has 0 aliphatic carbocycles. The molecule has 6 heteroatoms. The molecule has 23 heavy (non-hydrogen) atoms. The molecule has 6 nitrogen and oxygen atoms in total. The van der Waals surface area contributed by atoms with E-state index in [0.717, 1.165) is 36.7 Å². The number of nitrogens with one attached hydrogen (secondary N) is 1. The summed E-state index contributed by atoms with van der Waals surface area (Å²) in [5.74, 6) is 1.67. The Balaban J connectivity index is 1.54. The molecular weight excluding hydrogens is 288 g/mol. The second-order valence-electron chi connectivity index (χ2n) is 5.77. The van der Waals surface area contributed by atoms with Crippen LogP contribution < -0.4 is 0 Å². The van der Waals surface area contributed by atoms with Crippen molar-refractivity contribution in [3.8, 4) is 11.4 Å². The van der Waals surface area contributed by atoms with Gasteiger partial charge < -0.3 is 0 Å². The van der Waals surface area contributed by atoms with E-state index in [2.05, 4.69) is 31.1 Å². The van der Waals surface area contributed by atoms with Gasteiger partial charge in [-0.1, -0.05) is 6.07 Å². The van der Waals surface area contributed by atoms with Gasteiger partial charge in [0.05, 0.1) is 6.04 Å². The maximum absolute atomic E-state index is 4.70. The first-order chi connectivity index (χ1) is 11.4. The first kappa shape index (κ1) is 14.0. The van der Waals surface area contributed by atoms with Gasteiger partial charge in [-0.25, -0.2) is 4.98 Å². The van der Waals surface area contributed by atoms with Crippen LogP contribution in [0.5, 0.6) is 0 Å². The molecule has 1 N–H and O–H groups in total. The van der Waals surface area contributed by atoms with Crippen molar-refractivity contribution < 1.29 is 0 Å². The Hall–Kier alpha value is -2.60. The van der Waals surface area contributed by atoms with E-state index in [-0.39, 0.29) is 0 Å². The Kier molecular flexibility index (Phi) is 3.81. The van der Waals surface area contributed by atoms with Crippen LogP contribution >= 0.6 is 0 Å². The lowest BCUT2D eigenvalue weighted by molar-refractivity contribution is 0.240. The Morgan fingerprint density at radius 1 is 1.13 bits per heavy atom. The third-order valence-electron chi connectivity index (χ3n) is 4.23. The van der Waals surface area contributed by atoms with Crippen molar-refractivity contribution in [1.29, 1.82) is 0 Å².